The van der Waals surface area contributed by atoms with E-state index in [1.165, 1.54) is 14.2 Å². The minimum atomic E-state index is -0.435. The minimum absolute atomic E-state index is 0. The Morgan fingerprint density at radius 1 is 0.969 bits per heavy atom. The summed E-state index contributed by atoms with van der Waals surface area (Å²) in [7, 11) is 6.22. The highest BCUT2D eigenvalue weighted by molar-refractivity contribution is 14.0. The molecule has 0 unspecified atom stereocenters. The molecule has 0 atom stereocenters. The second kappa shape index (κ2) is 14.5. The average molecular weight is 557 g/mol. The maximum Gasteiger partial charge on any atom is 0.341 e. The second-order valence-electron chi connectivity index (χ2n) is 6.76. The molecule has 176 valence electrons. The Bertz CT molecular complexity index is 905. The third-order valence-corrected chi connectivity index (χ3v) is 4.57. The van der Waals surface area contributed by atoms with E-state index in [0.29, 0.717) is 43.6 Å². The highest BCUT2D eigenvalue weighted by Gasteiger charge is 2.13. The van der Waals surface area contributed by atoms with Crippen LogP contribution in [-0.2, 0) is 22.6 Å². The number of hydrogen-bond acceptors (Lipinski definition) is 6. The van der Waals surface area contributed by atoms with E-state index < -0.39 is 5.97 Å². The van der Waals surface area contributed by atoms with Crippen molar-refractivity contribution < 1.29 is 23.7 Å². The molecule has 0 radical (unpaired) electrons. The largest absolute Gasteiger partial charge is 0.496 e. The van der Waals surface area contributed by atoms with Gasteiger partial charge in [0, 0.05) is 32.8 Å². The fourth-order valence-corrected chi connectivity index (χ4v) is 2.89. The molecular formula is C23H32IN3O5. The lowest BCUT2D eigenvalue weighted by molar-refractivity contribution is 0.0597. The van der Waals surface area contributed by atoms with Crippen LogP contribution < -0.4 is 20.1 Å². The van der Waals surface area contributed by atoms with Gasteiger partial charge in [0.1, 0.15) is 23.7 Å². The summed E-state index contributed by atoms with van der Waals surface area (Å²) in [5.74, 6) is 1.49. The van der Waals surface area contributed by atoms with E-state index in [1.54, 1.807) is 26.3 Å². The number of carbonyl (C=O) groups excluding carboxylic acids is 1. The SMILES string of the molecule is CN=C(NCc1ccc(C(=O)OC)c(OC)c1)NCc1ccc(C)cc1OCCOC.I. The van der Waals surface area contributed by atoms with Crippen LogP contribution in [0.2, 0.25) is 0 Å². The third-order valence-electron chi connectivity index (χ3n) is 4.57. The van der Waals surface area contributed by atoms with Crippen molar-refractivity contribution in [3.05, 3.63) is 58.7 Å². The van der Waals surface area contributed by atoms with Gasteiger partial charge < -0.3 is 29.6 Å². The van der Waals surface area contributed by atoms with Crippen LogP contribution in [0.4, 0.5) is 0 Å². The second-order valence-corrected chi connectivity index (χ2v) is 6.76. The minimum Gasteiger partial charge on any atom is -0.496 e. The number of hydrogen-bond donors (Lipinski definition) is 2. The van der Waals surface area contributed by atoms with E-state index in [9.17, 15) is 4.79 Å². The van der Waals surface area contributed by atoms with Crippen molar-refractivity contribution in [3.8, 4) is 11.5 Å². The number of halogens is 1. The number of nitrogens with one attached hydrogen (secondary N) is 2. The van der Waals surface area contributed by atoms with Crippen LogP contribution in [0.3, 0.4) is 0 Å². The molecule has 2 aromatic rings. The molecule has 8 nitrogen and oxygen atoms in total. The van der Waals surface area contributed by atoms with Gasteiger partial charge >= 0.3 is 5.97 Å². The van der Waals surface area contributed by atoms with Crippen LogP contribution in [-0.4, -0.2) is 53.5 Å². The zero-order valence-electron chi connectivity index (χ0n) is 19.2. The number of aryl methyl sites for hydroxylation is 1. The fourth-order valence-electron chi connectivity index (χ4n) is 2.89. The summed E-state index contributed by atoms with van der Waals surface area (Å²) in [6, 6.07) is 11.4. The maximum atomic E-state index is 11.8. The van der Waals surface area contributed by atoms with Crippen LogP contribution in [0.1, 0.15) is 27.0 Å². The summed E-state index contributed by atoms with van der Waals surface area (Å²) < 4.78 is 21.0. The number of nitrogens with zero attached hydrogens (tertiary/aromatic N) is 1. The van der Waals surface area contributed by atoms with Gasteiger partial charge in [-0.1, -0.05) is 18.2 Å². The molecule has 0 amide bonds. The molecule has 9 heteroatoms. The molecule has 32 heavy (non-hydrogen) atoms. The number of carbonyl (C=O) groups is 1. The molecule has 0 fully saturated rings. The molecule has 2 N–H and O–H groups in total. The number of methoxy groups -OCH3 is 3. The molecule has 0 aromatic heterocycles. The van der Waals surface area contributed by atoms with E-state index >= 15 is 0 Å². The van der Waals surface area contributed by atoms with Gasteiger partial charge in [-0.2, -0.15) is 0 Å². The lowest BCUT2D eigenvalue weighted by atomic mass is 10.1. The first-order valence-electron chi connectivity index (χ1n) is 9.93. The topological polar surface area (TPSA) is 90.4 Å². The number of ether oxygens (including phenoxy) is 4. The lowest BCUT2D eigenvalue weighted by Gasteiger charge is -2.16. The summed E-state index contributed by atoms with van der Waals surface area (Å²) >= 11 is 0. The number of aliphatic imine (C=N–C) groups is 1. The van der Waals surface area contributed by atoms with Crippen molar-refractivity contribution in [2.24, 2.45) is 4.99 Å². The standard InChI is InChI=1S/C23H31N3O5.HI/c1-16-6-8-18(20(12-16)31-11-10-28-3)15-26-23(24-2)25-14-17-7-9-19(22(27)30-5)21(13-17)29-4;/h6-9,12-13H,10-11,14-15H2,1-5H3,(H2,24,25,26);1H. The quantitative estimate of drug-likeness (QED) is 0.152. The van der Waals surface area contributed by atoms with Gasteiger partial charge in [0.2, 0.25) is 0 Å². The Labute approximate surface area is 206 Å². The molecule has 0 heterocycles. The average Bonchev–Trinajstić information content (AvgIpc) is 2.79. The molecule has 0 aliphatic heterocycles. The fraction of sp³-hybridized carbons (Fsp3) is 0.391. The predicted octanol–water partition coefficient (Wildman–Crippen LogP) is 3.30. The van der Waals surface area contributed by atoms with Crippen molar-refractivity contribution in [3.63, 3.8) is 0 Å². The maximum absolute atomic E-state index is 11.8. The molecule has 0 saturated carbocycles. The van der Waals surface area contributed by atoms with Crippen molar-refractivity contribution in [1.82, 2.24) is 10.6 Å². The van der Waals surface area contributed by atoms with Crippen LogP contribution in [0.15, 0.2) is 41.4 Å². The Kier molecular flexibility index (Phi) is 12.5. The van der Waals surface area contributed by atoms with Crippen LogP contribution >= 0.6 is 24.0 Å². The van der Waals surface area contributed by atoms with E-state index in [1.807, 2.05) is 31.2 Å². The van der Waals surface area contributed by atoms with E-state index in [-0.39, 0.29) is 24.0 Å². The summed E-state index contributed by atoms with van der Waals surface area (Å²) in [6.45, 7) is 4.10. The number of benzene rings is 2. The number of esters is 1. The molecule has 0 saturated heterocycles. The van der Waals surface area contributed by atoms with Crippen LogP contribution in [0.5, 0.6) is 11.5 Å². The lowest BCUT2D eigenvalue weighted by Crippen LogP contribution is -2.36. The monoisotopic (exact) mass is 557 g/mol. The molecule has 2 aromatic carbocycles. The normalized spacial score (nSPS) is 10.7. The van der Waals surface area contributed by atoms with E-state index in [4.69, 9.17) is 18.9 Å². The van der Waals surface area contributed by atoms with Crippen molar-refractivity contribution in [2.75, 3.05) is 41.6 Å². The van der Waals surface area contributed by atoms with Gasteiger partial charge in [-0.25, -0.2) is 4.79 Å². The van der Waals surface area contributed by atoms with Gasteiger partial charge in [0.05, 0.1) is 20.8 Å². The summed E-state index contributed by atoms with van der Waals surface area (Å²) in [5, 5.41) is 6.56. The third kappa shape index (κ3) is 8.19. The summed E-state index contributed by atoms with van der Waals surface area (Å²) in [4.78, 5) is 16.1. The molecule has 0 aliphatic carbocycles. The Balaban J connectivity index is 0.00000512. The van der Waals surface area contributed by atoms with Gasteiger partial charge in [0.25, 0.3) is 0 Å². The zero-order valence-corrected chi connectivity index (χ0v) is 21.5. The van der Waals surface area contributed by atoms with E-state index in [0.717, 1.165) is 22.4 Å². The Hall–Kier alpha value is -2.53. The highest BCUT2D eigenvalue weighted by Crippen LogP contribution is 2.22. The van der Waals surface area contributed by atoms with Gasteiger partial charge in [-0.15, -0.1) is 24.0 Å². The highest BCUT2D eigenvalue weighted by atomic mass is 127. The first-order valence-corrected chi connectivity index (χ1v) is 9.93. The first kappa shape index (κ1) is 27.5. The molecule has 0 bridgehead atoms. The van der Waals surface area contributed by atoms with Crippen LogP contribution in [0, 0.1) is 6.92 Å². The smallest absolute Gasteiger partial charge is 0.341 e. The van der Waals surface area contributed by atoms with Gasteiger partial charge in [-0.05, 0) is 36.2 Å². The van der Waals surface area contributed by atoms with Crippen molar-refractivity contribution in [2.45, 2.75) is 20.0 Å². The number of guanidine groups is 1. The Morgan fingerprint density at radius 2 is 1.72 bits per heavy atom. The van der Waals surface area contributed by atoms with Crippen molar-refractivity contribution in [1.29, 1.82) is 0 Å². The summed E-state index contributed by atoms with van der Waals surface area (Å²) in [5.41, 5.74) is 3.47. The first-order chi connectivity index (χ1) is 15.0. The summed E-state index contributed by atoms with van der Waals surface area (Å²) in [6.07, 6.45) is 0. The molecule has 0 spiro atoms. The molecular weight excluding hydrogens is 525 g/mol. The predicted molar refractivity (Wildman–Crippen MR) is 135 cm³/mol. The number of rotatable bonds is 10. The van der Waals surface area contributed by atoms with Crippen LogP contribution in [0.25, 0.3) is 0 Å². The zero-order chi connectivity index (χ0) is 22.6. The van der Waals surface area contributed by atoms with E-state index in [2.05, 4.69) is 15.6 Å². The van der Waals surface area contributed by atoms with Crippen molar-refractivity contribution >= 4 is 35.9 Å². The Morgan fingerprint density at radius 3 is 2.38 bits per heavy atom. The molecule has 0 aliphatic rings. The van der Waals surface area contributed by atoms with Gasteiger partial charge in [0.15, 0.2) is 5.96 Å². The van der Waals surface area contributed by atoms with Gasteiger partial charge in [-0.3, -0.25) is 4.99 Å². The molecule has 2 rings (SSSR count).